The molecule has 0 unspecified atom stereocenters. The van der Waals surface area contributed by atoms with Crippen LogP contribution in [0.15, 0.2) is 67.6 Å². The van der Waals surface area contributed by atoms with E-state index in [0.29, 0.717) is 43.1 Å². The average Bonchev–Trinajstić information content (AvgIpc) is 3.65. The first-order chi connectivity index (χ1) is 20.0. The predicted molar refractivity (Wildman–Crippen MR) is 152 cm³/mol. The quantitative estimate of drug-likeness (QED) is 0.318. The lowest BCUT2D eigenvalue weighted by Crippen LogP contribution is -2.48. The van der Waals surface area contributed by atoms with Gasteiger partial charge in [0, 0.05) is 91.8 Å². The molecule has 1 amide bonds. The number of aryl methyl sites for hydroxylation is 1. The summed E-state index contributed by atoms with van der Waals surface area (Å²) in [5, 5.41) is 18.4. The van der Waals surface area contributed by atoms with Crippen molar-refractivity contribution in [3.8, 4) is 45.9 Å². The first-order valence-corrected chi connectivity index (χ1v) is 12.9. The Bertz CT molecular complexity index is 1850. The molecular formula is C30H25N9O2. The van der Waals surface area contributed by atoms with Gasteiger partial charge in [0.15, 0.2) is 0 Å². The number of hydrogen-bond donors (Lipinski definition) is 0. The molecule has 0 N–H and O–H groups in total. The van der Waals surface area contributed by atoms with Crippen LogP contribution in [0.25, 0.3) is 27.8 Å². The summed E-state index contributed by atoms with van der Waals surface area (Å²) in [6.07, 6.45) is 12.2. The minimum atomic E-state index is -0.220. The first-order valence-electron chi connectivity index (χ1n) is 12.9. The number of nitrogens with zero attached hydrogens (tertiary/aromatic N) is 9. The van der Waals surface area contributed by atoms with Crippen LogP contribution < -0.4 is 9.64 Å². The zero-order valence-corrected chi connectivity index (χ0v) is 22.5. The molecule has 1 aliphatic rings. The van der Waals surface area contributed by atoms with E-state index in [-0.39, 0.29) is 5.91 Å². The van der Waals surface area contributed by atoms with E-state index in [4.69, 9.17) is 9.72 Å². The maximum Gasteiger partial charge on any atom is 0.298 e. The Morgan fingerprint density at radius 1 is 0.951 bits per heavy atom. The van der Waals surface area contributed by atoms with Gasteiger partial charge in [-0.25, -0.2) is 9.50 Å². The monoisotopic (exact) mass is 543 g/mol. The number of hydrogen-bond acceptors (Lipinski definition) is 8. The van der Waals surface area contributed by atoms with Crippen molar-refractivity contribution >= 4 is 17.2 Å². The van der Waals surface area contributed by atoms with Crippen LogP contribution in [0, 0.1) is 23.2 Å². The Kier molecular flexibility index (Phi) is 6.76. The lowest BCUT2D eigenvalue weighted by atomic mass is 10.0. The molecule has 6 rings (SSSR count). The Hall–Kier alpha value is -5.68. The van der Waals surface area contributed by atoms with Gasteiger partial charge in [0.05, 0.1) is 36.8 Å². The van der Waals surface area contributed by atoms with Crippen molar-refractivity contribution in [2.45, 2.75) is 0 Å². The topological polar surface area (TPSA) is 117 Å². The number of carbonyl (C=O) groups is 1. The number of methoxy groups -OCH3 is 1. The van der Waals surface area contributed by atoms with E-state index in [2.05, 4.69) is 38.0 Å². The number of rotatable bonds is 4. The molecule has 5 aromatic heterocycles. The largest absolute Gasteiger partial charge is 0.495 e. The third-order valence-corrected chi connectivity index (χ3v) is 6.98. The molecule has 0 aromatic carbocycles. The lowest BCUT2D eigenvalue weighted by Gasteiger charge is -2.34. The molecule has 6 heterocycles. The molecule has 0 spiro atoms. The van der Waals surface area contributed by atoms with Crippen molar-refractivity contribution in [3.63, 3.8) is 0 Å². The molecule has 1 fully saturated rings. The van der Waals surface area contributed by atoms with E-state index in [1.807, 2.05) is 43.8 Å². The standard InChI is InChI=1S/C30H25N9O2/c1-36-19-25(17-34-36)23-12-27(30-24(13-31)16-35-39(30)20-23)22-4-5-28(33-15-22)37-7-9-38(10-8-37)29(40)6-3-21-11-26(41-2)18-32-14-21/h4-5,11-12,14-20H,7-10H2,1-2H3. The van der Waals surface area contributed by atoms with Gasteiger partial charge in [0.2, 0.25) is 0 Å². The van der Waals surface area contributed by atoms with E-state index in [1.54, 1.807) is 52.1 Å². The zero-order chi connectivity index (χ0) is 28.3. The molecule has 202 valence electrons. The first kappa shape index (κ1) is 25.6. The fraction of sp³-hybridized carbons (Fsp3) is 0.200. The molecule has 0 atom stereocenters. The highest BCUT2D eigenvalue weighted by atomic mass is 16.5. The van der Waals surface area contributed by atoms with Gasteiger partial charge in [-0.05, 0) is 24.3 Å². The second-order valence-electron chi connectivity index (χ2n) is 9.56. The van der Waals surface area contributed by atoms with Gasteiger partial charge >= 0.3 is 0 Å². The summed E-state index contributed by atoms with van der Waals surface area (Å²) in [5.74, 6) is 6.78. The second-order valence-corrected chi connectivity index (χ2v) is 9.56. The average molecular weight is 544 g/mol. The fourth-order valence-corrected chi connectivity index (χ4v) is 4.83. The second kappa shape index (κ2) is 10.8. The van der Waals surface area contributed by atoms with Crippen molar-refractivity contribution in [2.24, 2.45) is 7.05 Å². The molecule has 1 aliphatic heterocycles. The number of aromatic nitrogens is 6. The lowest BCUT2D eigenvalue weighted by molar-refractivity contribution is -0.125. The van der Waals surface area contributed by atoms with Crippen LogP contribution in [-0.4, -0.2) is 73.5 Å². The highest BCUT2D eigenvalue weighted by Crippen LogP contribution is 2.32. The number of pyridine rings is 3. The number of amides is 1. The minimum Gasteiger partial charge on any atom is -0.495 e. The van der Waals surface area contributed by atoms with E-state index in [1.165, 1.54) is 0 Å². The Morgan fingerprint density at radius 2 is 1.80 bits per heavy atom. The van der Waals surface area contributed by atoms with E-state index in [9.17, 15) is 10.1 Å². The zero-order valence-electron chi connectivity index (χ0n) is 22.5. The number of carbonyl (C=O) groups excluding carboxylic acids is 1. The highest BCUT2D eigenvalue weighted by Gasteiger charge is 2.21. The molecule has 11 nitrogen and oxygen atoms in total. The van der Waals surface area contributed by atoms with Crippen molar-refractivity contribution < 1.29 is 9.53 Å². The molecule has 5 aromatic rings. The molecule has 0 bridgehead atoms. The Labute approximate surface area is 236 Å². The summed E-state index contributed by atoms with van der Waals surface area (Å²) in [5.41, 5.74) is 5.47. The molecule has 0 radical (unpaired) electrons. The van der Waals surface area contributed by atoms with Crippen LogP contribution in [0.5, 0.6) is 5.75 Å². The van der Waals surface area contributed by atoms with Crippen LogP contribution >= 0.6 is 0 Å². The van der Waals surface area contributed by atoms with E-state index >= 15 is 0 Å². The molecule has 0 aliphatic carbocycles. The van der Waals surface area contributed by atoms with Crippen LogP contribution in [0.2, 0.25) is 0 Å². The number of anilines is 1. The minimum absolute atomic E-state index is 0.220. The van der Waals surface area contributed by atoms with Gasteiger partial charge < -0.3 is 14.5 Å². The van der Waals surface area contributed by atoms with Crippen molar-refractivity contribution in [1.82, 2.24) is 34.3 Å². The van der Waals surface area contributed by atoms with Crippen molar-refractivity contribution in [3.05, 3.63) is 78.8 Å². The molecule has 1 saturated heterocycles. The molecule has 11 heteroatoms. The molecule has 0 saturated carbocycles. The Morgan fingerprint density at radius 3 is 2.51 bits per heavy atom. The van der Waals surface area contributed by atoms with E-state index in [0.717, 1.165) is 33.6 Å². The summed E-state index contributed by atoms with van der Waals surface area (Å²) in [7, 11) is 3.43. The fourth-order valence-electron chi connectivity index (χ4n) is 4.83. The summed E-state index contributed by atoms with van der Waals surface area (Å²) in [4.78, 5) is 25.4. The predicted octanol–water partition coefficient (Wildman–Crippen LogP) is 2.77. The maximum atomic E-state index is 12.7. The maximum absolute atomic E-state index is 12.7. The number of fused-ring (bicyclic) bond motifs is 1. The third kappa shape index (κ3) is 5.16. The highest BCUT2D eigenvalue weighted by molar-refractivity contribution is 5.94. The SMILES string of the molecule is COc1cncc(C#CC(=O)N2CCN(c3ccc(-c4cc(-c5cnn(C)c5)cn5ncc(C#N)c45)cn3)CC2)c1. The van der Waals surface area contributed by atoms with Gasteiger partial charge in [0.25, 0.3) is 5.91 Å². The van der Waals surface area contributed by atoms with Gasteiger partial charge in [-0.2, -0.15) is 15.5 Å². The molecule has 41 heavy (non-hydrogen) atoms. The van der Waals surface area contributed by atoms with Gasteiger partial charge in [-0.3, -0.25) is 14.5 Å². The Balaban J connectivity index is 1.18. The van der Waals surface area contributed by atoms with E-state index < -0.39 is 0 Å². The number of ether oxygens (including phenoxy) is 1. The number of nitriles is 1. The van der Waals surface area contributed by atoms with Crippen molar-refractivity contribution in [1.29, 1.82) is 5.26 Å². The molecular weight excluding hydrogens is 518 g/mol. The van der Waals surface area contributed by atoms with Gasteiger partial charge in [0.1, 0.15) is 17.6 Å². The number of piperazine rings is 1. The third-order valence-electron chi connectivity index (χ3n) is 6.98. The summed E-state index contributed by atoms with van der Waals surface area (Å²) in [6.45, 7) is 2.37. The summed E-state index contributed by atoms with van der Waals surface area (Å²) < 4.78 is 8.63. The summed E-state index contributed by atoms with van der Waals surface area (Å²) in [6, 6.07) is 10.0. The van der Waals surface area contributed by atoms with Gasteiger partial charge in [-0.1, -0.05) is 5.92 Å². The summed E-state index contributed by atoms with van der Waals surface area (Å²) >= 11 is 0. The van der Waals surface area contributed by atoms with Crippen LogP contribution in [0.3, 0.4) is 0 Å². The van der Waals surface area contributed by atoms with Crippen molar-refractivity contribution in [2.75, 3.05) is 38.2 Å². The van der Waals surface area contributed by atoms with Gasteiger partial charge in [-0.15, -0.1) is 0 Å². The van der Waals surface area contributed by atoms with Crippen LogP contribution in [0.4, 0.5) is 5.82 Å². The normalized spacial score (nSPS) is 13.0. The smallest absolute Gasteiger partial charge is 0.298 e. The van der Waals surface area contributed by atoms with Crippen LogP contribution in [-0.2, 0) is 11.8 Å². The van der Waals surface area contributed by atoms with Crippen LogP contribution in [0.1, 0.15) is 11.1 Å².